The molecule has 0 saturated carbocycles. The molecule has 0 saturated heterocycles. The van der Waals surface area contributed by atoms with E-state index in [0.717, 1.165) is 0 Å². The standard InChI is InChI=1S/C8H10N2O2.C7H8N2O3/c1-5-7(6(2)11)8(12-3)10-4-9-5;1-4(10)5-6(11)8-3-9-7(5)12-2/h4H,1-3H3;3H,1-2H3,(H,8,9,11). The molecule has 2 aromatic heterocycles. The van der Waals surface area contributed by atoms with Crippen molar-refractivity contribution in [2.75, 3.05) is 14.2 Å². The molecule has 0 aromatic carbocycles. The molecule has 0 radical (unpaired) electrons. The summed E-state index contributed by atoms with van der Waals surface area (Å²) in [6, 6.07) is 0. The number of hydrogen-bond donors (Lipinski definition) is 1. The Bertz CT molecular complexity index is 801. The van der Waals surface area contributed by atoms with E-state index in [9.17, 15) is 14.4 Å². The summed E-state index contributed by atoms with van der Waals surface area (Å²) in [5.74, 6) is -0.0348. The van der Waals surface area contributed by atoms with Crippen LogP contribution in [0.3, 0.4) is 0 Å². The van der Waals surface area contributed by atoms with Crippen LogP contribution in [0.1, 0.15) is 40.3 Å². The lowest BCUT2D eigenvalue weighted by atomic mass is 10.2. The lowest BCUT2D eigenvalue weighted by Crippen LogP contribution is -2.17. The number of aromatic amines is 1. The number of H-pyrrole nitrogens is 1. The highest BCUT2D eigenvalue weighted by Gasteiger charge is 2.13. The zero-order chi connectivity index (χ0) is 18.3. The monoisotopic (exact) mass is 334 g/mol. The predicted molar refractivity (Wildman–Crippen MR) is 84.7 cm³/mol. The van der Waals surface area contributed by atoms with Crippen LogP contribution < -0.4 is 15.0 Å². The largest absolute Gasteiger partial charge is 0.480 e. The molecular weight excluding hydrogens is 316 g/mol. The van der Waals surface area contributed by atoms with Gasteiger partial charge in [-0.05, 0) is 20.8 Å². The fraction of sp³-hybridized carbons (Fsp3) is 0.333. The topological polar surface area (TPSA) is 124 Å². The van der Waals surface area contributed by atoms with Crippen molar-refractivity contribution in [3.63, 3.8) is 0 Å². The van der Waals surface area contributed by atoms with Crippen LogP contribution in [0.2, 0.25) is 0 Å². The average molecular weight is 334 g/mol. The number of nitrogens with one attached hydrogen (secondary N) is 1. The van der Waals surface area contributed by atoms with Crippen LogP contribution in [0, 0.1) is 6.92 Å². The minimum absolute atomic E-state index is 0.0417. The summed E-state index contributed by atoms with van der Waals surface area (Å²) in [6.07, 6.45) is 2.56. The van der Waals surface area contributed by atoms with Crippen molar-refractivity contribution in [2.24, 2.45) is 0 Å². The van der Waals surface area contributed by atoms with Crippen molar-refractivity contribution in [1.29, 1.82) is 0 Å². The summed E-state index contributed by atoms with van der Waals surface area (Å²) in [5.41, 5.74) is 0.587. The molecule has 0 aliphatic carbocycles. The van der Waals surface area contributed by atoms with Crippen LogP contribution in [-0.2, 0) is 0 Å². The van der Waals surface area contributed by atoms with Crippen LogP contribution >= 0.6 is 0 Å². The van der Waals surface area contributed by atoms with Crippen LogP contribution in [0.15, 0.2) is 17.4 Å². The van der Waals surface area contributed by atoms with Crippen molar-refractivity contribution in [2.45, 2.75) is 20.8 Å². The quantitative estimate of drug-likeness (QED) is 0.820. The summed E-state index contributed by atoms with van der Waals surface area (Å²) in [5, 5.41) is 0. The van der Waals surface area contributed by atoms with E-state index in [-0.39, 0.29) is 23.0 Å². The summed E-state index contributed by atoms with van der Waals surface area (Å²) in [6.45, 7) is 4.50. The number of carbonyl (C=O) groups excluding carboxylic acids is 2. The number of Topliss-reactive ketones (excluding diaryl/α,β-unsaturated/α-hetero) is 2. The molecule has 0 bridgehead atoms. The van der Waals surface area contributed by atoms with Crippen molar-refractivity contribution in [1.82, 2.24) is 19.9 Å². The van der Waals surface area contributed by atoms with Gasteiger partial charge in [0.05, 0.1) is 26.2 Å². The molecule has 0 fully saturated rings. The normalized spacial score (nSPS) is 9.54. The molecule has 0 atom stereocenters. The molecule has 0 aliphatic rings. The fourth-order valence-corrected chi connectivity index (χ4v) is 1.86. The Kier molecular flexibility index (Phi) is 6.72. The molecule has 0 spiro atoms. The maximum atomic E-state index is 11.1. The van der Waals surface area contributed by atoms with E-state index in [2.05, 4.69) is 19.9 Å². The zero-order valence-electron chi connectivity index (χ0n) is 14.0. The SMILES string of the molecule is COc1nc[nH]c(=O)c1C(C)=O.COc1ncnc(C)c1C(C)=O. The second-order valence-electron chi connectivity index (χ2n) is 4.57. The number of nitrogens with zero attached hydrogens (tertiary/aromatic N) is 3. The second-order valence-corrected chi connectivity index (χ2v) is 4.57. The zero-order valence-corrected chi connectivity index (χ0v) is 14.0. The predicted octanol–water partition coefficient (Wildman–Crippen LogP) is 0.977. The van der Waals surface area contributed by atoms with E-state index < -0.39 is 5.56 Å². The molecule has 2 heterocycles. The van der Waals surface area contributed by atoms with Crippen molar-refractivity contribution in [3.8, 4) is 11.8 Å². The molecule has 0 aliphatic heterocycles. The maximum absolute atomic E-state index is 11.1. The van der Waals surface area contributed by atoms with Crippen molar-refractivity contribution >= 4 is 11.6 Å². The molecule has 24 heavy (non-hydrogen) atoms. The molecule has 128 valence electrons. The second kappa shape index (κ2) is 8.51. The van der Waals surface area contributed by atoms with Gasteiger partial charge in [0.2, 0.25) is 11.8 Å². The van der Waals surface area contributed by atoms with Gasteiger partial charge >= 0.3 is 0 Å². The fourth-order valence-electron chi connectivity index (χ4n) is 1.86. The Morgan fingerprint density at radius 3 is 1.92 bits per heavy atom. The molecule has 9 nitrogen and oxygen atoms in total. The molecular formula is C15H18N4O5. The van der Waals surface area contributed by atoms with Gasteiger partial charge in [0, 0.05) is 0 Å². The molecule has 1 N–H and O–H groups in total. The Morgan fingerprint density at radius 2 is 1.50 bits per heavy atom. The third-order valence-corrected chi connectivity index (χ3v) is 2.91. The van der Waals surface area contributed by atoms with Gasteiger partial charge in [-0.15, -0.1) is 0 Å². The highest BCUT2D eigenvalue weighted by atomic mass is 16.5. The summed E-state index contributed by atoms with van der Waals surface area (Å²) < 4.78 is 9.65. The first-order valence-electron chi connectivity index (χ1n) is 6.82. The van der Waals surface area contributed by atoms with Crippen LogP contribution in [0.4, 0.5) is 0 Å². The number of rotatable bonds is 4. The minimum Gasteiger partial charge on any atom is -0.480 e. The first-order chi connectivity index (χ1) is 11.3. The highest BCUT2D eigenvalue weighted by molar-refractivity contribution is 5.97. The summed E-state index contributed by atoms with van der Waals surface area (Å²) >= 11 is 0. The van der Waals surface area contributed by atoms with Crippen LogP contribution in [0.5, 0.6) is 11.8 Å². The lowest BCUT2D eigenvalue weighted by molar-refractivity contribution is 0.0999. The number of aromatic nitrogens is 4. The van der Waals surface area contributed by atoms with E-state index in [0.29, 0.717) is 17.1 Å². The maximum Gasteiger partial charge on any atom is 0.265 e. The van der Waals surface area contributed by atoms with Crippen LogP contribution in [0.25, 0.3) is 0 Å². The van der Waals surface area contributed by atoms with E-state index in [1.807, 2.05) is 0 Å². The minimum atomic E-state index is -0.477. The number of ketones is 2. The number of ether oxygens (including phenoxy) is 2. The van der Waals surface area contributed by atoms with Crippen molar-refractivity contribution < 1.29 is 19.1 Å². The van der Waals surface area contributed by atoms with Gasteiger partial charge in [-0.25, -0.2) is 15.0 Å². The first kappa shape index (κ1) is 18.9. The van der Waals surface area contributed by atoms with E-state index >= 15 is 0 Å². The van der Waals surface area contributed by atoms with Crippen LogP contribution in [-0.4, -0.2) is 45.7 Å². The first-order valence-corrected chi connectivity index (χ1v) is 6.82. The van der Waals surface area contributed by atoms with E-state index in [1.165, 1.54) is 40.7 Å². The number of aryl methyl sites for hydroxylation is 1. The third kappa shape index (κ3) is 4.45. The Hall–Kier alpha value is -3.10. The van der Waals surface area contributed by atoms with Gasteiger partial charge in [-0.1, -0.05) is 0 Å². The lowest BCUT2D eigenvalue weighted by Gasteiger charge is -2.04. The van der Waals surface area contributed by atoms with Gasteiger partial charge in [0.15, 0.2) is 11.6 Å². The molecule has 2 rings (SSSR count). The smallest absolute Gasteiger partial charge is 0.265 e. The van der Waals surface area contributed by atoms with E-state index in [4.69, 9.17) is 9.47 Å². The van der Waals surface area contributed by atoms with Gasteiger partial charge < -0.3 is 14.5 Å². The average Bonchev–Trinajstić information content (AvgIpc) is 2.54. The molecule has 2 aromatic rings. The Balaban J connectivity index is 0.000000240. The molecule has 9 heteroatoms. The number of carbonyl (C=O) groups is 2. The van der Waals surface area contributed by atoms with Gasteiger partial charge in [-0.2, -0.15) is 0 Å². The summed E-state index contributed by atoms with van der Waals surface area (Å²) in [4.78, 5) is 46.7. The summed E-state index contributed by atoms with van der Waals surface area (Å²) in [7, 11) is 2.84. The number of methoxy groups -OCH3 is 2. The Morgan fingerprint density at radius 1 is 0.958 bits per heavy atom. The Labute approximate surface area is 138 Å². The van der Waals surface area contributed by atoms with Gasteiger partial charge in [-0.3, -0.25) is 14.4 Å². The highest BCUT2D eigenvalue weighted by Crippen LogP contribution is 2.16. The molecule has 0 unspecified atom stereocenters. The van der Waals surface area contributed by atoms with Crippen molar-refractivity contribution in [3.05, 3.63) is 39.8 Å². The molecule has 0 amide bonds. The third-order valence-electron chi connectivity index (χ3n) is 2.91. The number of hydrogen-bond acceptors (Lipinski definition) is 8. The van der Waals surface area contributed by atoms with Gasteiger partial charge in [0.1, 0.15) is 17.5 Å². The van der Waals surface area contributed by atoms with E-state index in [1.54, 1.807) is 6.92 Å². The van der Waals surface area contributed by atoms with Gasteiger partial charge in [0.25, 0.3) is 5.56 Å².